The fourth-order valence-electron chi connectivity index (χ4n) is 12.2. The van der Waals surface area contributed by atoms with Crippen LogP contribution in [-0.4, -0.2) is 152 Å². The molecule has 10 bridgehead atoms. The number of aliphatic carboxylic acids is 1. The first-order valence-electron chi connectivity index (χ1n) is 31.7. The molecule has 1 saturated carbocycles. The zero-order valence-electron chi connectivity index (χ0n) is 53.1. The van der Waals surface area contributed by atoms with Gasteiger partial charge in [-0.05, 0) is 81.1 Å². The Kier molecular flexibility index (Phi) is 21.3. The second kappa shape index (κ2) is 30.1. The molecule has 2 aliphatic heterocycles. The van der Waals surface area contributed by atoms with E-state index >= 15 is 4.79 Å². The summed E-state index contributed by atoms with van der Waals surface area (Å²) in [6.07, 6.45) is -0.999. The van der Waals surface area contributed by atoms with Crippen molar-refractivity contribution in [2.24, 2.45) is 17.6 Å². The molecule has 9 heterocycles. The van der Waals surface area contributed by atoms with E-state index in [0.29, 0.717) is 102 Å². The van der Waals surface area contributed by atoms with Gasteiger partial charge in [-0.15, -0.1) is 68.0 Å². The molecule has 2 aromatic carbocycles. The third kappa shape index (κ3) is 15.5. The summed E-state index contributed by atoms with van der Waals surface area (Å²) in [6.45, 7) is 10.6. The SMILES string of the molecule is CCN(CC)CCOc1ccc(C[C@@H]2NC(=O)c3csc(n3)[C@H]([C@H](O)c3ccccc3)CC(=O)c3nc(sc3C)[C@H](CC(N)=O)NC(=O)c3csc(n3)-c3ccc(-c4nc(C(=O)NC5CCC(C(=O)O)CC5)cs4)nc3-c3csc(n3)-c3csc(n3)[C@@H]3[C@@H](C)[C@@H](O)CN3C2=O)cc1. The highest BCUT2D eigenvalue weighted by atomic mass is 32.1. The number of nitrogens with one attached hydrogen (secondary N) is 3. The molecule has 504 valence electrons. The van der Waals surface area contributed by atoms with Crippen LogP contribution in [0, 0.1) is 18.8 Å². The maximum absolute atomic E-state index is 15.5. The van der Waals surface area contributed by atoms with Crippen molar-refractivity contribution in [3.8, 4) is 49.1 Å². The van der Waals surface area contributed by atoms with Gasteiger partial charge >= 0.3 is 5.97 Å². The fraction of sp³-hybridized carbons (Fsp3) is 0.373. The van der Waals surface area contributed by atoms with Gasteiger partial charge in [0.1, 0.15) is 83.3 Å². The average Bonchev–Trinajstić information content (AvgIpc) is 1.72. The second-order valence-corrected chi connectivity index (χ2v) is 29.7. The van der Waals surface area contributed by atoms with E-state index < -0.39 is 89.4 Å². The minimum absolute atomic E-state index is 0.0144. The Balaban J connectivity index is 0.920. The number of likely N-dealkylation sites (N-methyl/N-ethyl adjacent to an activating group) is 1. The summed E-state index contributed by atoms with van der Waals surface area (Å²) in [5.41, 5.74) is 9.21. The molecule has 3 aliphatic rings. The number of pyridine rings is 1. The predicted octanol–water partition coefficient (Wildman–Crippen LogP) is 9.56. The van der Waals surface area contributed by atoms with Crippen LogP contribution in [0.3, 0.4) is 0 Å². The number of nitrogens with two attached hydrogens (primary N) is 1. The predicted molar refractivity (Wildman–Crippen MR) is 370 cm³/mol. The largest absolute Gasteiger partial charge is 0.492 e. The molecule has 97 heavy (non-hydrogen) atoms. The van der Waals surface area contributed by atoms with E-state index in [1.54, 1.807) is 70.4 Å². The number of benzene rings is 2. The number of carboxylic acid groups (broad SMARTS) is 1. The lowest BCUT2D eigenvalue weighted by Gasteiger charge is -2.29. The Morgan fingerprint density at radius 2 is 1.37 bits per heavy atom. The average molecular weight is 1420 g/mol. The molecule has 7 atom stereocenters. The summed E-state index contributed by atoms with van der Waals surface area (Å²) in [6, 6.07) is 16.3. The van der Waals surface area contributed by atoms with Crippen LogP contribution in [0.2, 0.25) is 0 Å². The Morgan fingerprint density at radius 1 is 0.722 bits per heavy atom. The van der Waals surface area contributed by atoms with Crippen LogP contribution >= 0.6 is 68.0 Å². The van der Waals surface area contributed by atoms with Crippen molar-refractivity contribution in [3.63, 3.8) is 0 Å². The van der Waals surface area contributed by atoms with Gasteiger partial charge in [-0.3, -0.25) is 33.6 Å². The van der Waals surface area contributed by atoms with Gasteiger partial charge < -0.3 is 51.5 Å². The normalized spacial score (nSPS) is 21.2. The number of fused-ring (bicyclic) bond motifs is 16. The first-order valence-corrected chi connectivity index (χ1v) is 36.9. The number of carboxylic acids is 1. The van der Waals surface area contributed by atoms with Crippen LogP contribution in [0.1, 0.15) is 156 Å². The molecule has 30 heteroatoms. The zero-order chi connectivity index (χ0) is 68.2. The number of rotatable bonds is 16. The number of ether oxygens (including phenoxy) is 1. The number of hydrogen-bond acceptors (Lipinski definition) is 24. The summed E-state index contributed by atoms with van der Waals surface area (Å²) >= 11 is 7.10. The molecule has 1 aliphatic carbocycles. The highest BCUT2D eigenvalue weighted by Crippen LogP contribution is 2.44. The molecule has 1 saturated heterocycles. The van der Waals surface area contributed by atoms with Gasteiger partial charge in [0.25, 0.3) is 17.7 Å². The lowest BCUT2D eigenvalue weighted by Crippen LogP contribution is -2.50. The van der Waals surface area contributed by atoms with Gasteiger partial charge in [0.2, 0.25) is 11.8 Å². The van der Waals surface area contributed by atoms with E-state index in [4.69, 9.17) is 45.4 Å². The third-order valence-electron chi connectivity index (χ3n) is 17.7. The van der Waals surface area contributed by atoms with E-state index in [0.717, 1.165) is 53.6 Å². The van der Waals surface area contributed by atoms with Crippen molar-refractivity contribution in [1.29, 1.82) is 0 Å². The maximum atomic E-state index is 15.5. The van der Waals surface area contributed by atoms with E-state index in [1.807, 2.05) is 36.6 Å². The molecule has 0 spiro atoms. The van der Waals surface area contributed by atoms with E-state index in [-0.39, 0.29) is 64.6 Å². The van der Waals surface area contributed by atoms with Crippen LogP contribution in [0.25, 0.3) is 43.4 Å². The summed E-state index contributed by atoms with van der Waals surface area (Å²) in [7, 11) is 0. The van der Waals surface area contributed by atoms with Gasteiger partial charge in [-0.2, -0.15) is 0 Å². The Hall–Kier alpha value is -8.46. The Bertz CT molecular complexity index is 4360. The third-order valence-corrected chi connectivity index (χ3v) is 23.3. The molecule has 24 nitrogen and oxygen atoms in total. The molecular formula is C67H69N13O11S6. The van der Waals surface area contributed by atoms with Gasteiger partial charge in [0, 0.05) is 81.1 Å². The smallest absolute Gasteiger partial charge is 0.306 e. The number of thiazole rings is 6. The van der Waals surface area contributed by atoms with Crippen molar-refractivity contribution >= 4 is 109 Å². The van der Waals surface area contributed by atoms with Crippen LogP contribution in [0.15, 0.2) is 93.6 Å². The van der Waals surface area contributed by atoms with Crippen molar-refractivity contribution < 1.29 is 53.6 Å². The number of carbonyl (C=O) groups excluding carboxylic acids is 6. The molecule has 7 aromatic heterocycles. The van der Waals surface area contributed by atoms with Gasteiger partial charge in [0.15, 0.2) is 5.78 Å². The van der Waals surface area contributed by atoms with E-state index in [9.17, 15) is 44.1 Å². The molecule has 5 amide bonds. The van der Waals surface area contributed by atoms with E-state index in [1.165, 1.54) is 39.4 Å². The number of Topliss-reactive ketones (excluding diaryl/α,β-unsaturated/α-hetero) is 1. The number of nitrogens with zero attached hydrogens (tertiary/aromatic N) is 9. The minimum atomic E-state index is -1.30. The number of aliphatic hydroxyl groups is 2. The summed E-state index contributed by atoms with van der Waals surface area (Å²) < 4.78 is 6.09. The number of aromatic nitrogens is 7. The van der Waals surface area contributed by atoms with E-state index in [2.05, 4.69) is 34.7 Å². The van der Waals surface area contributed by atoms with Crippen molar-refractivity contribution in [3.05, 3.63) is 147 Å². The monoisotopic (exact) mass is 1420 g/mol. The minimum Gasteiger partial charge on any atom is -0.492 e. The first-order chi connectivity index (χ1) is 46.8. The van der Waals surface area contributed by atoms with Crippen LogP contribution < -0.4 is 26.4 Å². The number of aryl methyl sites for hydroxylation is 1. The molecule has 8 N–H and O–H groups in total. The van der Waals surface area contributed by atoms with Gasteiger partial charge in [0.05, 0.1) is 47.3 Å². The van der Waals surface area contributed by atoms with Gasteiger partial charge in [-0.1, -0.05) is 63.2 Å². The Labute approximate surface area is 581 Å². The molecular weight excluding hydrogens is 1360 g/mol. The standard InChI is InChI=1S/C67H69N13O11S6/c1-5-79(6-2)22-23-91-39-18-12-35(13-19-39)24-44-66(88)80-27-51(82)33(3)55(80)65-77-49(32-96-65)63-73-45(28-94-63)54-40(20-21-42(70-54)62-76-46(31-95-62)57(85)69-38-16-14-37(15-17-38)67(89)90)60-74-47(29-92-60)58(86)71-43(26-52(68)83)64-78-53(34(4)97-64)50(81)25-41(56(84)36-10-8-7-9-11-36)61-75-48(30-93-61)59(87)72-44/h7-13,18-21,28-33,37-38,41,43-44,51,55-56,82,84H,5-6,14-17,22-27H2,1-4H3,(H2,68,83)(H,69,85)(H,71,86)(H,72,87)(H,89,90)/t33-,37?,38?,41-,43-,44-,51-,55-,56+/m0/s1. The summed E-state index contributed by atoms with van der Waals surface area (Å²) in [4.78, 5) is 136. The molecule has 12 rings (SSSR count). The summed E-state index contributed by atoms with van der Waals surface area (Å²) in [5.74, 6) is -5.68. The fourth-order valence-corrected chi connectivity index (χ4v) is 17.6. The number of ketones is 1. The van der Waals surface area contributed by atoms with Crippen LogP contribution in [0.4, 0.5) is 0 Å². The first kappa shape index (κ1) is 68.5. The number of carbonyl (C=O) groups is 7. The van der Waals surface area contributed by atoms with Crippen molar-refractivity contribution in [2.75, 3.05) is 32.8 Å². The summed E-state index contributed by atoms with van der Waals surface area (Å²) in [5, 5.41) is 52.8. The van der Waals surface area contributed by atoms with Crippen molar-refractivity contribution in [2.45, 2.75) is 115 Å². The number of aliphatic hydroxyl groups excluding tert-OH is 2. The lowest BCUT2D eigenvalue weighted by atomic mass is 9.86. The van der Waals surface area contributed by atoms with Crippen molar-refractivity contribution in [1.82, 2.24) is 60.6 Å². The Morgan fingerprint density at radius 3 is 2.10 bits per heavy atom. The second-order valence-electron chi connectivity index (χ2n) is 24.1. The lowest BCUT2D eigenvalue weighted by molar-refractivity contribution is -0.143. The number of hydrogen-bond donors (Lipinski definition) is 7. The van der Waals surface area contributed by atoms with Gasteiger partial charge in [-0.25, -0.2) is 34.9 Å². The zero-order valence-corrected chi connectivity index (χ0v) is 58.0. The molecule has 2 fully saturated rings. The highest BCUT2D eigenvalue weighted by Gasteiger charge is 2.46. The maximum Gasteiger partial charge on any atom is 0.306 e. The number of primary amides is 1. The molecule has 0 unspecified atom stereocenters. The number of amides is 5. The van der Waals surface area contributed by atoms with Crippen LogP contribution in [0.5, 0.6) is 5.75 Å². The molecule has 9 aromatic rings. The quantitative estimate of drug-likeness (QED) is 0.0473. The highest BCUT2D eigenvalue weighted by molar-refractivity contribution is 7.15. The van der Waals surface area contributed by atoms with Crippen LogP contribution in [-0.2, 0) is 20.8 Å². The molecule has 0 radical (unpaired) electrons. The topological polar surface area (TPSA) is 348 Å².